The van der Waals surface area contributed by atoms with Crippen LogP contribution >= 0.6 is 0 Å². The number of nitrogens with zero attached hydrogens (tertiary/aromatic N) is 3. The topological polar surface area (TPSA) is 105 Å². The van der Waals surface area contributed by atoms with E-state index in [4.69, 9.17) is 11.0 Å². The van der Waals surface area contributed by atoms with Gasteiger partial charge in [-0.25, -0.2) is 9.97 Å². The van der Waals surface area contributed by atoms with E-state index in [1.165, 1.54) is 12.4 Å². The van der Waals surface area contributed by atoms with Crippen LogP contribution in [0.4, 0.5) is 5.82 Å². The molecule has 0 aliphatic heterocycles. The molecule has 1 aromatic rings. The van der Waals surface area contributed by atoms with Gasteiger partial charge in [-0.2, -0.15) is 5.26 Å². The van der Waals surface area contributed by atoms with Gasteiger partial charge in [-0.15, -0.1) is 0 Å². The lowest BCUT2D eigenvalue weighted by Gasteiger charge is -2.01. The van der Waals surface area contributed by atoms with Gasteiger partial charge in [0.25, 0.3) is 0 Å². The number of rotatable bonds is 4. The van der Waals surface area contributed by atoms with Crippen molar-refractivity contribution in [1.82, 2.24) is 9.97 Å². The first kappa shape index (κ1) is 9.92. The van der Waals surface area contributed by atoms with Crippen LogP contribution in [0.5, 0.6) is 0 Å². The third kappa shape index (κ3) is 3.06. The highest BCUT2D eigenvalue weighted by Crippen LogP contribution is 1.99. The summed E-state index contributed by atoms with van der Waals surface area (Å²) < 4.78 is 0. The predicted octanol–water partition coefficient (Wildman–Crippen LogP) is -0.364. The second kappa shape index (κ2) is 4.77. The van der Waals surface area contributed by atoms with E-state index < -0.39 is 0 Å². The van der Waals surface area contributed by atoms with Gasteiger partial charge >= 0.3 is 0 Å². The van der Waals surface area contributed by atoms with E-state index in [-0.39, 0.29) is 18.0 Å². The van der Waals surface area contributed by atoms with Crippen molar-refractivity contribution in [2.24, 2.45) is 5.73 Å². The van der Waals surface area contributed by atoms with Crippen molar-refractivity contribution in [2.45, 2.75) is 6.42 Å². The number of amides is 1. The third-order valence-electron chi connectivity index (χ3n) is 1.44. The average molecular weight is 191 g/mol. The number of nitrogens with two attached hydrogens (primary N) is 1. The van der Waals surface area contributed by atoms with Gasteiger partial charge in [0.1, 0.15) is 11.9 Å². The summed E-state index contributed by atoms with van der Waals surface area (Å²) in [4.78, 5) is 18.1. The van der Waals surface area contributed by atoms with E-state index >= 15 is 0 Å². The lowest BCUT2D eigenvalue weighted by atomic mass is 10.4. The van der Waals surface area contributed by atoms with Crippen molar-refractivity contribution in [3.63, 3.8) is 0 Å². The van der Waals surface area contributed by atoms with Crippen LogP contribution in [0, 0.1) is 11.3 Å². The maximum absolute atomic E-state index is 10.4. The molecule has 0 bridgehead atoms. The number of primary amides is 1. The molecule has 0 aliphatic rings. The predicted molar refractivity (Wildman–Crippen MR) is 49.0 cm³/mol. The molecule has 0 spiro atoms. The Morgan fingerprint density at radius 3 is 2.86 bits per heavy atom. The van der Waals surface area contributed by atoms with Gasteiger partial charge in [-0.05, 0) is 0 Å². The number of nitrogens with one attached hydrogen (secondary N) is 1. The zero-order chi connectivity index (χ0) is 10.4. The molecule has 0 atom stereocenters. The molecule has 3 N–H and O–H groups in total. The van der Waals surface area contributed by atoms with Gasteiger partial charge in [0, 0.05) is 13.0 Å². The van der Waals surface area contributed by atoms with Crippen LogP contribution in [0.3, 0.4) is 0 Å². The molecule has 1 amide bonds. The van der Waals surface area contributed by atoms with Gasteiger partial charge in [0.15, 0.2) is 5.69 Å². The lowest BCUT2D eigenvalue weighted by Crippen LogP contribution is -2.16. The van der Waals surface area contributed by atoms with Gasteiger partial charge < -0.3 is 11.1 Å². The average Bonchev–Trinajstić information content (AvgIpc) is 2.18. The van der Waals surface area contributed by atoms with Gasteiger partial charge in [-0.3, -0.25) is 4.79 Å². The maximum atomic E-state index is 10.4. The molecule has 0 saturated carbocycles. The molecule has 14 heavy (non-hydrogen) atoms. The van der Waals surface area contributed by atoms with E-state index in [1.54, 1.807) is 0 Å². The Morgan fingerprint density at radius 1 is 1.57 bits per heavy atom. The van der Waals surface area contributed by atoms with Crippen molar-refractivity contribution >= 4 is 11.7 Å². The van der Waals surface area contributed by atoms with Crippen molar-refractivity contribution < 1.29 is 4.79 Å². The zero-order valence-electron chi connectivity index (χ0n) is 7.40. The molecular weight excluding hydrogens is 182 g/mol. The lowest BCUT2D eigenvalue weighted by molar-refractivity contribution is -0.117. The van der Waals surface area contributed by atoms with Crippen LogP contribution in [-0.4, -0.2) is 22.4 Å². The molecule has 6 heteroatoms. The highest BCUT2D eigenvalue weighted by atomic mass is 16.1. The summed E-state index contributed by atoms with van der Waals surface area (Å²) in [6.45, 7) is 0.413. The quantitative estimate of drug-likeness (QED) is 0.675. The first-order valence-corrected chi connectivity index (χ1v) is 3.96. The molecule has 6 nitrogen and oxygen atoms in total. The summed E-state index contributed by atoms with van der Waals surface area (Å²) >= 11 is 0. The number of hydrogen-bond donors (Lipinski definition) is 2. The molecule has 72 valence electrons. The smallest absolute Gasteiger partial charge is 0.219 e. The minimum atomic E-state index is -0.376. The van der Waals surface area contributed by atoms with Crippen LogP contribution in [0.15, 0.2) is 12.4 Å². The van der Waals surface area contributed by atoms with E-state index in [0.717, 1.165) is 0 Å². The van der Waals surface area contributed by atoms with Crippen molar-refractivity contribution in [1.29, 1.82) is 5.26 Å². The Hall–Kier alpha value is -2.16. The monoisotopic (exact) mass is 191 g/mol. The zero-order valence-corrected chi connectivity index (χ0v) is 7.40. The summed E-state index contributed by atoms with van der Waals surface area (Å²) in [5, 5.41) is 11.3. The Balaban J connectivity index is 2.45. The molecule has 0 radical (unpaired) electrons. The fraction of sp³-hybridized carbons (Fsp3) is 0.250. The number of nitriles is 1. The first-order valence-electron chi connectivity index (χ1n) is 3.96. The number of anilines is 1. The third-order valence-corrected chi connectivity index (χ3v) is 1.44. The van der Waals surface area contributed by atoms with E-state index in [0.29, 0.717) is 12.4 Å². The Morgan fingerprint density at radius 2 is 2.36 bits per heavy atom. The van der Waals surface area contributed by atoms with Gasteiger partial charge in [0.05, 0.1) is 12.4 Å². The first-order chi connectivity index (χ1) is 6.72. The fourth-order valence-corrected chi connectivity index (χ4v) is 0.791. The number of carbonyl (C=O) groups is 1. The largest absolute Gasteiger partial charge is 0.370 e. The molecular formula is C8H9N5O. The highest BCUT2D eigenvalue weighted by Gasteiger charge is 1.97. The molecule has 0 aliphatic carbocycles. The van der Waals surface area contributed by atoms with E-state index in [9.17, 15) is 4.79 Å². The summed E-state index contributed by atoms with van der Waals surface area (Å²) in [5.41, 5.74) is 5.20. The number of hydrogen-bond acceptors (Lipinski definition) is 5. The Kier molecular flexibility index (Phi) is 3.38. The molecule has 0 fully saturated rings. The maximum Gasteiger partial charge on any atom is 0.219 e. The van der Waals surface area contributed by atoms with Crippen LogP contribution < -0.4 is 11.1 Å². The summed E-state index contributed by atoms with van der Waals surface area (Å²) in [5.74, 6) is 0.143. The second-order valence-corrected chi connectivity index (χ2v) is 2.54. The molecule has 1 rings (SSSR count). The van der Waals surface area contributed by atoms with Crippen molar-refractivity contribution in [3.8, 4) is 6.07 Å². The SMILES string of the molecule is N#Cc1cnc(NCCC(N)=O)cn1. The molecule has 1 aromatic heterocycles. The summed E-state index contributed by atoms with van der Waals surface area (Å²) in [6, 6.07) is 1.85. The Labute approximate surface area is 80.8 Å². The Bertz CT molecular complexity index is 353. The van der Waals surface area contributed by atoms with Crippen molar-refractivity contribution in [3.05, 3.63) is 18.1 Å². The van der Waals surface area contributed by atoms with Gasteiger partial charge in [-0.1, -0.05) is 0 Å². The van der Waals surface area contributed by atoms with Gasteiger partial charge in [0.2, 0.25) is 5.91 Å². The molecule has 1 heterocycles. The number of carbonyl (C=O) groups excluding carboxylic acids is 1. The van der Waals surface area contributed by atoms with E-state index in [1.807, 2.05) is 6.07 Å². The highest BCUT2D eigenvalue weighted by molar-refractivity contribution is 5.74. The normalized spacial score (nSPS) is 9.07. The minimum Gasteiger partial charge on any atom is -0.370 e. The molecule has 0 saturated heterocycles. The van der Waals surface area contributed by atoms with Crippen molar-refractivity contribution in [2.75, 3.05) is 11.9 Å². The van der Waals surface area contributed by atoms with Crippen LogP contribution in [0.2, 0.25) is 0 Å². The molecule has 0 unspecified atom stereocenters. The second-order valence-electron chi connectivity index (χ2n) is 2.54. The minimum absolute atomic E-state index is 0.238. The summed E-state index contributed by atoms with van der Waals surface area (Å²) in [7, 11) is 0. The number of aromatic nitrogens is 2. The van der Waals surface area contributed by atoms with Crippen LogP contribution in [-0.2, 0) is 4.79 Å². The standard InChI is InChI=1S/C8H9N5O/c9-3-6-4-13-8(5-12-6)11-2-1-7(10)14/h4-5H,1-2H2,(H2,10,14)(H,11,13). The summed E-state index contributed by atoms with van der Waals surface area (Å²) in [6.07, 6.45) is 3.02. The fourth-order valence-electron chi connectivity index (χ4n) is 0.791. The van der Waals surface area contributed by atoms with Crippen LogP contribution in [0.25, 0.3) is 0 Å². The van der Waals surface area contributed by atoms with E-state index in [2.05, 4.69) is 15.3 Å². The molecule has 0 aromatic carbocycles. The van der Waals surface area contributed by atoms with Crippen LogP contribution in [0.1, 0.15) is 12.1 Å².